The van der Waals surface area contributed by atoms with Gasteiger partial charge in [0.15, 0.2) is 5.22 Å². The maximum atomic E-state index is 6.16. The van der Waals surface area contributed by atoms with Gasteiger partial charge in [0.2, 0.25) is 0 Å². The van der Waals surface area contributed by atoms with Crippen LogP contribution in [0, 0.1) is 0 Å². The molecule has 2 nitrogen and oxygen atoms in total. The summed E-state index contributed by atoms with van der Waals surface area (Å²) in [5.74, 6) is 0. The molecule has 0 amide bonds. The van der Waals surface area contributed by atoms with Crippen molar-refractivity contribution in [1.29, 1.82) is 0 Å². The topological polar surface area (TPSA) is 25.2 Å². The summed E-state index contributed by atoms with van der Waals surface area (Å²) in [7, 11) is 0. The van der Waals surface area contributed by atoms with Crippen LogP contribution >= 0.6 is 11.6 Å². The highest BCUT2D eigenvalue weighted by molar-refractivity contribution is 6.29. The fraction of sp³-hybridized carbons (Fsp3) is 0.444. The Morgan fingerprint density at radius 1 is 1.14 bits per heavy atom. The van der Waals surface area contributed by atoms with Gasteiger partial charge in [-0.05, 0) is 47.2 Å². The van der Waals surface area contributed by atoms with E-state index in [-0.39, 0.29) is 11.5 Å². The predicted octanol–water partition coefficient (Wildman–Crippen LogP) is 5.32. The Morgan fingerprint density at radius 2 is 1.81 bits per heavy atom. The van der Waals surface area contributed by atoms with E-state index in [9.17, 15) is 0 Å². The molecule has 1 atom stereocenters. The number of furan rings is 1. The Labute approximate surface area is 132 Å². The van der Waals surface area contributed by atoms with Crippen molar-refractivity contribution in [2.24, 2.45) is 0 Å². The molecule has 0 aliphatic rings. The van der Waals surface area contributed by atoms with Crippen LogP contribution < -0.4 is 5.32 Å². The number of benzene rings is 1. The monoisotopic (exact) mass is 305 g/mol. The second-order valence-electron chi connectivity index (χ2n) is 6.41. The number of hydrogen-bond donors (Lipinski definition) is 1. The van der Waals surface area contributed by atoms with Crippen molar-refractivity contribution in [3.63, 3.8) is 0 Å². The maximum absolute atomic E-state index is 6.16. The summed E-state index contributed by atoms with van der Waals surface area (Å²) in [6.07, 6.45) is 2.72. The van der Waals surface area contributed by atoms with Gasteiger partial charge in [0.1, 0.15) is 0 Å². The highest BCUT2D eigenvalue weighted by Gasteiger charge is 2.20. The SMILES string of the molecule is CCCNC(c1ccc(C(C)(C)C)cc1)c1ccoc1Cl. The van der Waals surface area contributed by atoms with E-state index in [1.807, 2.05) is 6.07 Å². The van der Waals surface area contributed by atoms with Gasteiger partial charge in [-0.3, -0.25) is 0 Å². The highest BCUT2D eigenvalue weighted by Crippen LogP contribution is 2.31. The van der Waals surface area contributed by atoms with Crippen LogP contribution in [0.15, 0.2) is 41.0 Å². The fourth-order valence-electron chi connectivity index (χ4n) is 2.38. The summed E-state index contributed by atoms with van der Waals surface area (Å²) in [5.41, 5.74) is 3.70. The molecule has 114 valence electrons. The Bertz CT molecular complexity index is 566. The van der Waals surface area contributed by atoms with Gasteiger partial charge in [-0.15, -0.1) is 0 Å². The zero-order valence-electron chi connectivity index (χ0n) is 13.2. The first kappa shape index (κ1) is 16.1. The molecular weight excluding hydrogens is 282 g/mol. The molecule has 0 aliphatic heterocycles. The molecule has 0 fully saturated rings. The Hall–Kier alpha value is -1.25. The maximum Gasteiger partial charge on any atom is 0.198 e. The van der Waals surface area contributed by atoms with Gasteiger partial charge < -0.3 is 9.73 Å². The molecule has 0 radical (unpaired) electrons. The molecule has 0 saturated carbocycles. The zero-order chi connectivity index (χ0) is 15.5. The van der Waals surface area contributed by atoms with Gasteiger partial charge in [-0.2, -0.15) is 0 Å². The summed E-state index contributed by atoms with van der Waals surface area (Å²) in [4.78, 5) is 0. The third-order valence-electron chi connectivity index (χ3n) is 3.67. The van der Waals surface area contributed by atoms with E-state index < -0.39 is 0 Å². The van der Waals surface area contributed by atoms with E-state index in [1.165, 1.54) is 11.1 Å². The van der Waals surface area contributed by atoms with E-state index in [0.29, 0.717) is 5.22 Å². The van der Waals surface area contributed by atoms with Crippen molar-refractivity contribution in [2.45, 2.75) is 45.6 Å². The first-order valence-corrected chi connectivity index (χ1v) is 7.88. The highest BCUT2D eigenvalue weighted by atomic mass is 35.5. The normalized spacial score (nSPS) is 13.4. The summed E-state index contributed by atoms with van der Waals surface area (Å²) in [6, 6.07) is 10.8. The van der Waals surface area contributed by atoms with Gasteiger partial charge >= 0.3 is 0 Å². The molecule has 2 rings (SSSR count). The van der Waals surface area contributed by atoms with Crippen molar-refractivity contribution in [3.8, 4) is 0 Å². The van der Waals surface area contributed by atoms with Crippen LogP contribution in [-0.2, 0) is 5.41 Å². The number of hydrogen-bond acceptors (Lipinski definition) is 2. The van der Waals surface area contributed by atoms with E-state index in [4.69, 9.17) is 16.0 Å². The van der Waals surface area contributed by atoms with Gasteiger partial charge in [0.05, 0.1) is 12.3 Å². The molecule has 0 saturated heterocycles. The second-order valence-corrected chi connectivity index (χ2v) is 6.75. The first-order chi connectivity index (χ1) is 9.93. The summed E-state index contributed by atoms with van der Waals surface area (Å²) >= 11 is 6.16. The van der Waals surface area contributed by atoms with Crippen LogP contribution in [0.2, 0.25) is 5.22 Å². The first-order valence-electron chi connectivity index (χ1n) is 7.50. The third kappa shape index (κ3) is 3.90. The van der Waals surface area contributed by atoms with Crippen LogP contribution in [0.25, 0.3) is 0 Å². The molecule has 1 aromatic carbocycles. The minimum atomic E-state index is 0.0743. The van der Waals surface area contributed by atoms with Crippen LogP contribution in [0.5, 0.6) is 0 Å². The lowest BCUT2D eigenvalue weighted by molar-refractivity contribution is 0.549. The quantitative estimate of drug-likeness (QED) is 0.808. The van der Waals surface area contributed by atoms with Crippen molar-refractivity contribution < 1.29 is 4.42 Å². The Balaban J connectivity index is 2.31. The Morgan fingerprint density at radius 3 is 2.29 bits per heavy atom. The molecule has 1 unspecified atom stereocenters. The summed E-state index contributed by atoms with van der Waals surface area (Å²) < 4.78 is 5.25. The van der Waals surface area contributed by atoms with Crippen molar-refractivity contribution in [1.82, 2.24) is 5.32 Å². The fourth-order valence-corrected chi connectivity index (χ4v) is 2.61. The molecule has 1 aromatic heterocycles. The van der Waals surface area contributed by atoms with Gasteiger partial charge in [-0.25, -0.2) is 0 Å². The molecule has 0 aliphatic carbocycles. The van der Waals surface area contributed by atoms with Crippen molar-refractivity contribution in [3.05, 3.63) is 58.5 Å². The van der Waals surface area contributed by atoms with Gasteiger partial charge in [-0.1, -0.05) is 52.0 Å². The Kier molecular flexibility index (Phi) is 5.13. The second kappa shape index (κ2) is 6.67. The number of rotatable bonds is 5. The number of halogens is 1. The molecule has 1 heterocycles. The van der Waals surface area contributed by atoms with Crippen LogP contribution in [-0.4, -0.2) is 6.54 Å². The molecule has 0 bridgehead atoms. The largest absolute Gasteiger partial charge is 0.453 e. The van der Waals surface area contributed by atoms with Crippen molar-refractivity contribution >= 4 is 11.6 Å². The summed E-state index contributed by atoms with van der Waals surface area (Å²) in [5, 5.41) is 4.00. The van der Waals surface area contributed by atoms with Crippen molar-refractivity contribution in [2.75, 3.05) is 6.54 Å². The molecule has 2 aromatic rings. The smallest absolute Gasteiger partial charge is 0.198 e. The molecular formula is C18H24ClNO. The lowest BCUT2D eigenvalue weighted by Gasteiger charge is -2.22. The van der Waals surface area contributed by atoms with E-state index in [2.05, 4.69) is 57.3 Å². The standard InChI is InChI=1S/C18H24ClNO/c1-5-11-20-16(15-10-12-21-17(15)19)13-6-8-14(9-7-13)18(2,3)4/h6-10,12,16,20H,5,11H2,1-4H3. The minimum absolute atomic E-state index is 0.0743. The molecule has 3 heteroatoms. The average molecular weight is 306 g/mol. The van der Waals surface area contributed by atoms with E-state index >= 15 is 0 Å². The molecule has 0 spiro atoms. The molecule has 1 N–H and O–H groups in total. The van der Waals surface area contributed by atoms with Crippen LogP contribution in [0.3, 0.4) is 0 Å². The minimum Gasteiger partial charge on any atom is -0.453 e. The average Bonchev–Trinajstić information content (AvgIpc) is 2.85. The van der Waals surface area contributed by atoms with E-state index in [0.717, 1.165) is 18.5 Å². The van der Waals surface area contributed by atoms with Gasteiger partial charge in [0.25, 0.3) is 0 Å². The van der Waals surface area contributed by atoms with Gasteiger partial charge in [0, 0.05) is 5.56 Å². The lowest BCUT2D eigenvalue weighted by atomic mass is 9.86. The molecule has 21 heavy (non-hydrogen) atoms. The predicted molar refractivity (Wildman–Crippen MR) is 89.0 cm³/mol. The summed E-state index contributed by atoms with van der Waals surface area (Å²) in [6.45, 7) is 9.77. The third-order valence-corrected chi connectivity index (χ3v) is 3.97. The van der Waals surface area contributed by atoms with Crippen LogP contribution in [0.4, 0.5) is 0 Å². The number of nitrogens with one attached hydrogen (secondary N) is 1. The zero-order valence-corrected chi connectivity index (χ0v) is 14.0. The van der Waals surface area contributed by atoms with Crippen LogP contribution in [0.1, 0.15) is 56.8 Å². The van der Waals surface area contributed by atoms with E-state index in [1.54, 1.807) is 6.26 Å². The lowest BCUT2D eigenvalue weighted by Crippen LogP contribution is -2.23.